The number of nitro groups is 1. The third-order valence-corrected chi connectivity index (χ3v) is 4.30. The van der Waals surface area contributed by atoms with E-state index in [0.717, 1.165) is 0 Å². The number of likely N-dealkylation sites (N-methyl/N-ethyl adjacent to an activating group) is 1. The third kappa shape index (κ3) is 5.02. The van der Waals surface area contributed by atoms with Crippen LogP contribution in [-0.4, -0.2) is 30.4 Å². The smallest absolute Gasteiger partial charge is 0.269 e. The molecule has 3 aromatic rings. The number of nitro benzene ring substituents is 1. The van der Waals surface area contributed by atoms with Crippen LogP contribution in [0.5, 0.6) is 5.75 Å². The number of carbonyl (C=O) groups is 2. The van der Waals surface area contributed by atoms with Gasteiger partial charge in [0.1, 0.15) is 11.5 Å². The first-order valence-corrected chi connectivity index (χ1v) is 8.99. The number of ether oxygens (including phenoxy) is 1. The molecule has 9 nitrogen and oxygen atoms in total. The monoisotopic (exact) mass is 409 g/mol. The maximum Gasteiger partial charge on any atom is 0.269 e. The minimum Gasteiger partial charge on any atom is -0.484 e. The van der Waals surface area contributed by atoms with Crippen molar-refractivity contribution in [2.24, 2.45) is 0 Å². The molecule has 0 atom stereocenters. The molecule has 0 spiro atoms. The predicted octanol–water partition coefficient (Wildman–Crippen LogP) is 3.16. The van der Waals surface area contributed by atoms with Crippen LogP contribution >= 0.6 is 0 Å². The number of amides is 2. The average molecular weight is 409 g/mol. The highest BCUT2D eigenvalue weighted by Gasteiger charge is 2.19. The molecule has 0 saturated heterocycles. The molecule has 0 bridgehead atoms. The van der Waals surface area contributed by atoms with E-state index in [1.807, 2.05) is 0 Å². The van der Waals surface area contributed by atoms with E-state index < -0.39 is 4.92 Å². The summed E-state index contributed by atoms with van der Waals surface area (Å²) < 4.78 is 10.6. The number of anilines is 1. The second-order valence-corrected chi connectivity index (χ2v) is 6.27. The first-order valence-electron chi connectivity index (χ1n) is 8.99. The fourth-order valence-corrected chi connectivity index (χ4v) is 2.67. The zero-order valence-corrected chi connectivity index (χ0v) is 16.1. The Balaban J connectivity index is 1.63. The summed E-state index contributed by atoms with van der Waals surface area (Å²) in [5, 5.41) is 13.4. The highest BCUT2D eigenvalue weighted by molar-refractivity contribution is 6.04. The minimum atomic E-state index is -0.517. The Morgan fingerprint density at radius 1 is 1.10 bits per heavy atom. The van der Waals surface area contributed by atoms with Gasteiger partial charge in [-0.3, -0.25) is 19.7 Å². The van der Waals surface area contributed by atoms with Crippen molar-refractivity contribution in [1.82, 2.24) is 5.32 Å². The van der Waals surface area contributed by atoms with Gasteiger partial charge in [-0.15, -0.1) is 0 Å². The van der Waals surface area contributed by atoms with Crippen LogP contribution in [0.25, 0.3) is 0 Å². The SMILES string of the molecule is CN(C(=O)COc1ccc([N+](=O)[O-])cc1)c1ccccc1C(=O)NCc1ccco1. The topological polar surface area (TPSA) is 115 Å². The molecule has 1 aromatic heterocycles. The number of para-hydroxylation sites is 1. The molecule has 0 unspecified atom stereocenters. The molecule has 9 heteroatoms. The number of non-ortho nitro benzene ring substituents is 1. The van der Waals surface area contributed by atoms with E-state index in [1.54, 1.807) is 43.4 Å². The zero-order valence-electron chi connectivity index (χ0n) is 16.1. The second kappa shape index (κ2) is 9.37. The van der Waals surface area contributed by atoms with Gasteiger partial charge in [-0.2, -0.15) is 0 Å². The van der Waals surface area contributed by atoms with Crippen molar-refractivity contribution in [2.45, 2.75) is 6.54 Å². The molecule has 1 heterocycles. The van der Waals surface area contributed by atoms with Gasteiger partial charge in [0.05, 0.1) is 29.0 Å². The van der Waals surface area contributed by atoms with Gasteiger partial charge in [-0.1, -0.05) is 12.1 Å². The van der Waals surface area contributed by atoms with Gasteiger partial charge in [0.15, 0.2) is 6.61 Å². The first kappa shape index (κ1) is 20.6. The molecule has 1 N–H and O–H groups in total. The van der Waals surface area contributed by atoms with Gasteiger partial charge in [0.2, 0.25) is 0 Å². The summed E-state index contributed by atoms with van der Waals surface area (Å²) in [6, 6.07) is 15.6. The molecule has 2 aromatic carbocycles. The van der Waals surface area contributed by atoms with Crippen LogP contribution in [0.4, 0.5) is 11.4 Å². The summed E-state index contributed by atoms with van der Waals surface area (Å²) in [5.74, 6) is 0.200. The van der Waals surface area contributed by atoms with Crippen molar-refractivity contribution >= 4 is 23.2 Å². The van der Waals surface area contributed by atoms with E-state index in [4.69, 9.17) is 9.15 Å². The molecule has 3 rings (SSSR count). The molecule has 30 heavy (non-hydrogen) atoms. The lowest BCUT2D eigenvalue weighted by atomic mass is 10.1. The Bertz CT molecular complexity index is 1030. The first-order chi connectivity index (χ1) is 14.5. The fraction of sp³-hybridized carbons (Fsp3) is 0.143. The molecule has 0 saturated carbocycles. The van der Waals surface area contributed by atoms with E-state index in [9.17, 15) is 19.7 Å². The van der Waals surface area contributed by atoms with Crippen LogP contribution in [0.3, 0.4) is 0 Å². The van der Waals surface area contributed by atoms with E-state index >= 15 is 0 Å². The fourth-order valence-electron chi connectivity index (χ4n) is 2.67. The minimum absolute atomic E-state index is 0.0692. The second-order valence-electron chi connectivity index (χ2n) is 6.27. The molecule has 0 aliphatic rings. The third-order valence-electron chi connectivity index (χ3n) is 4.30. The summed E-state index contributed by atoms with van der Waals surface area (Å²) in [5.41, 5.74) is 0.683. The van der Waals surface area contributed by atoms with Gasteiger partial charge in [0.25, 0.3) is 17.5 Å². The molecule has 2 amide bonds. The number of hydrogen-bond acceptors (Lipinski definition) is 6. The van der Waals surface area contributed by atoms with E-state index in [2.05, 4.69) is 5.32 Å². The van der Waals surface area contributed by atoms with Crippen LogP contribution in [0.1, 0.15) is 16.1 Å². The molecule has 154 valence electrons. The van der Waals surface area contributed by atoms with Gasteiger partial charge in [-0.25, -0.2) is 0 Å². The van der Waals surface area contributed by atoms with E-state index in [-0.39, 0.29) is 30.7 Å². The van der Waals surface area contributed by atoms with Crippen LogP contribution in [-0.2, 0) is 11.3 Å². The summed E-state index contributed by atoms with van der Waals surface area (Å²) in [6.07, 6.45) is 1.52. The van der Waals surface area contributed by atoms with Gasteiger partial charge >= 0.3 is 0 Å². The normalized spacial score (nSPS) is 10.3. The van der Waals surface area contributed by atoms with Gasteiger partial charge in [-0.05, 0) is 36.4 Å². The molecule has 0 radical (unpaired) electrons. The van der Waals surface area contributed by atoms with Crippen molar-refractivity contribution in [2.75, 3.05) is 18.6 Å². The Labute approximate surface area is 172 Å². The lowest BCUT2D eigenvalue weighted by Gasteiger charge is -2.20. The summed E-state index contributed by atoms with van der Waals surface area (Å²) in [4.78, 5) is 36.6. The molecular formula is C21H19N3O6. The Morgan fingerprint density at radius 3 is 2.50 bits per heavy atom. The number of nitrogens with zero attached hydrogens (tertiary/aromatic N) is 2. The zero-order chi connectivity index (χ0) is 21.5. The maximum absolute atomic E-state index is 12.6. The van der Waals surface area contributed by atoms with Crippen LogP contribution in [0.15, 0.2) is 71.3 Å². The lowest BCUT2D eigenvalue weighted by Crippen LogP contribution is -2.33. The van der Waals surface area contributed by atoms with Crippen molar-refractivity contribution in [1.29, 1.82) is 0 Å². The number of rotatable bonds is 8. The number of hydrogen-bond donors (Lipinski definition) is 1. The number of furan rings is 1. The van der Waals surface area contributed by atoms with Gasteiger partial charge in [0, 0.05) is 19.2 Å². The van der Waals surface area contributed by atoms with Crippen LogP contribution in [0.2, 0.25) is 0 Å². The summed E-state index contributed by atoms with van der Waals surface area (Å²) in [6.45, 7) is -0.0717. The number of benzene rings is 2. The molecule has 0 aliphatic heterocycles. The molecule has 0 aliphatic carbocycles. The Morgan fingerprint density at radius 2 is 1.83 bits per heavy atom. The Hall–Kier alpha value is -4.14. The Kier molecular flexibility index (Phi) is 6.43. The van der Waals surface area contributed by atoms with Gasteiger partial charge < -0.3 is 19.4 Å². The van der Waals surface area contributed by atoms with Crippen molar-refractivity contribution < 1.29 is 23.7 Å². The van der Waals surface area contributed by atoms with Crippen molar-refractivity contribution in [3.8, 4) is 5.75 Å². The quantitative estimate of drug-likeness (QED) is 0.451. The summed E-state index contributed by atoms with van der Waals surface area (Å²) in [7, 11) is 1.54. The number of nitrogens with one attached hydrogen (secondary N) is 1. The lowest BCUT2D eigenvalue weighted by molar-refractivity contribution is -0.384. The van der Waals surface area contributed by atoms with E-state index in [0.29, 0.717) is 22.8 Å². The molecule has 0 fully saturated rings. The highest BCUT2D eigenvalue weighted by Crippen LogP contribution is 2.21. The maximum atomic E-state index is 12.6. The van der Waals surface area contributed by atoms with Crippen molar-refractivity contribution in [3.63, 3.8) is 0 Å². The molecular weight excluding hydrogens is 390 g/mol. The van der Waals surface area contributed by atoms with Crippen molar-refractivity contribution in [3.05, 3.63) is 88.4 Å². The number of carbonyl (C=O) groups excluding carboxylic acids is 2. The predicted molar refractivity (Wildman–Crippen MR) is 108 cm³/mol. The highest BCUT2D eigenvalue weighted by atomic mass is 16.6. The van der Waals surface area contributed by atoms with Crippen LogP contribution in [0, 0.1) is 10.1 Å². The summed E-state index contributed by atoms with van der Waals surface area (Å²) >= 11 is 0. The van der Waals surface area contributed by atoms with Crippen LogP contribution < -0.4 is 15.0 Å². The average Bonchev–Trinajstić information content (AvgIpc) is 3.29. The van der Waals surface area contributed by atoms with E-state index in [1.165, 1.54) is 35.4 Å². The standard InChI is InChI=1S/C21H19N3O6/c1-23(20(25)14-30-16-10-8-15(9-11-16)24(27)28)19-7-3-2-6-18(19)21(26)22-13-17-5-4-12-29-17/h2-12H,13-14H2,1H3,(H,22,26). The largest absolute Gasteiger partial charge is 0.484 e.